The maximum absolute atomic E-state index is 12.9. The first kappa shape index (κ1) is 29.7. The second-order valence-electron chi connectivity index (χ2n) is 10.7. The zero-order valence-corrected chi connectivity index (χ0v) is 24.3. The Morgan fingerprint density at radius 3 is 2.35 bits per heavy atom. The number of nitrogens with two attached hydrogens (primary N) is 1. The number of primary amides is 1. The van der Waals surface area contributed by atoms with Gasteiger partial charge in [0.25, 0.3) is 17.7 Å². The molecule has 0 radical (unpaired) electrons. The maximum atomic E-state index is 12.9. The molecule has 5 rings (SSSR count). The van der Waals surface area contributed by atoms with E-state index in [0.29, 0.717) is 67.9 Å². The number of amides is 3. The van der Waals surface area contributed by atoms with Crippen LogP contribution in [0.25, 0.3) is 0 Å². The van der Waals surface area contributed by atoms with Crippen molar-refractivity contribution in [3.05, 3.63) is 65.4 Å². The summed E-state index contributed by atoms with van der Waals surface area (Å²) in [6.45, 7) is 7.18. The van der Waals surface area contributed by atoms with Crippen molar-refractivity contribution in [2.75, 3.05) is 49.6 Å². The van der Waals surface area contributed by atoms with Crippen molar-refractivity contribution in [1.29, 1.82) is 0 Å². The fourth-order valence-electron chi connectivity index (χ4n) is 4.99. The summed E-state index contributed by atoms with van der Waals surface area (Å²) in [4.78, 5) is 46.0. The average Bonchev–Trinajstić information content (AvgIpc) is 3.01. The van der Waals surface area contributed by atoms with E-state index in [2.05, 4.69) is 25.8 Å². The summed E-state index contributed by atoms with van der Waals surface area (Å²) in [5.74, 6) is 0.148. The van der Waals surface area contributed by atoms with Gasteiger partial charge in [0.15, 0.2) is 11.5 Å². The van der Waals surface area contributed by atoms with Crippen LogP contribution in [0.2, 0.25) is 0 Å². The third kappa shape index (κ3) is 7.55. The fourth-order valence-corrected chi connectivity index (χ4v) is 4.99. The Morgan fingerprint density at radius 1 is 0.977 bits per heavy atom. The first-order chi connectivity index (χ1) is 20.8. The topological polar surface area (TPSA) is 165 Å². The standard InChI is InChI=1S/C30H36N8O5/c1-19(2)43-24-11-7-20(8-12-24)28(40)33-23-4-3-13-38(18-23)30-34-27(25(26(31)39)35-36-30)32-22-9-5-21(6-10-22)29(41)37-14-16-42-17-15-37/h5-12,19,23H,3-4,13-18H2,1-2H3,(H2,31,39)(H,33,40)(H,32,34,36). The van der Waals surface area contributed by atoms with Crippen molar-refractivity contribution in [2.24, 2.45) is 5.73 Å². The first-order valence-corrected chi connectivity index (χ1v) is 14.4. The van der Waals surface area contributed by atoms with Crippen LogP contribution in [0.4, 0.5) is 17.5 Å². The number of rotatable bonds is 9. The highest BCUT2D eigenvalue weighted by atomic mass is 16.5. The number of nitrogens with zero attached hydrogens (tertiary/aromatic N) is 5. The van der Waals surface area contributed by atoms with E-state index in [4.69, 9.17) is 15.2 Å². The van der Waals surface area contributed by atoms with Crippen LogP contribution in [0.5, 0.6) is 5.75 Å². The number of carbonyl (C=O) groups is 3. The summed E-state index contributed by atoms with van der Waals surface area (Å²) in [7, 11) is 0. The summed E-state index contributed by atoms with van der Waals surface area (Å²) < 4.78 is 11.0. The van der Waals surface area contributed by atoms with Crippen molar-refractivity contribution in [1.82, 2.24) is 25.4 Å². The summed E-state index contributed by atoms with van der Waals surface area (Å²) >= 11 is 0. The van der Waals surface area contributed by atoms with Crippen molar-refractivity contribution >= 4 is 35.2 Å². The highest BCUT2D eigenvalue weighted by Crippen LogP contribution is 2.23. The molecular formula is C30H36N8O5. The number of hydrogen-bond acceptors (Lipinski definition) is 10. The number of ether oxygens (including phenoxy) is 2. The van der Waals surface area contributed by atoms with Gasteiger partial charge < -0.3 is 35.6 Å². The molecule has 1 atom stereocenters. The van der Waals surface area contributed by atoms with Crippen molar-refractivity contribution in [3.63, 3.8) is 0 Å². The molecular weight excluding hydrogens is 552 g/mol. The molecule has 0 spiro atoms. The molecule has 43 heavy (non-hydrogen) atoms. The zero-order chi connectivity index (χ0) is 30.3. The lowest BCUT2D eigenvalue weighted by molar-refractivity contribution is 0.0303. The summed E-state index contributed by atoms with van der Waals surface area (Å²) in [6, 6.07) is 13.8. The van der Waals surface area contributed by atoms with E-state index in [1.54, 1.807) is 53.4 Å². The van der Waals surface area contributed by atoms with Crippen molar-refractivity contribution < 1.29 is 23.9 Å². The molecule has 4 N–H and O–H groups in total. The molecule has 0 saturated carbocycles. The molecule has 0 aliphatic carbocycles. The number of hydrogen-bond donors (Lipinski definition) is 3. The van der Waals surface area contributed by atoms with E-state index >= 15 is 0 Å². The molecule has 13 nitrogen and oxygen atoms in total. The Kier molecular flexibility index (Phi) is 9.30. The molecule has 3 amide bonds. The third-order valence-electron chi connectivity index (χ3n) is 7.13. The van der Waals surface area contributed by atoms with Crippen LogP contribution < -0.4 is 26.0 Å². The minimum atomic E-state index is -0.776. The second kappa shape index (κ2) is 13.5. The SMILES string of the molecule is CC(C)Oc1ccc(C(=O)NC2CCCN(c3nnc(C(N)=O)c(Nc4ccc(C(=O)N5CCOCC5)cc4)n3)C2)cc1. The van der Waals surface area contributed by atoms with Gasteiger partial charge in [0.1, 0.15) is 5.75 Å². The smallest absolute Gasteiger partial charge is 0.273 e. The number of benzene rings is 2. The number of nitrogens with one attached hydrogen (secondary N) is 2. The lowest BCUT2D eigenvalue weighted by Crippen LogP contribution is -2.48. The Labute approximate surface area is 249 Å². The molecule has 2 fully saturated rings. The van der Waals surface area contributed by atoms with Gasteiger partial charge in [0, 0.05) is 49.0 Å². The van der Waals surface area contributed by atoms with E-state index in [-0.39, 0.29) is 35.5 Å². The monoisotopic (exact) mass is 588 g/mol. The predicted molar refractivity (Wildman–Crippen MR) is 160 cm³/mol. The highest BCUT2D eigenvalue weighted by molar-refractivity contribution is 5.97. The minimum Gasteiger partial charge on any atom is -0.491 e. The predicted octanol–water partition coefficient (Wildman–Crippen LogP) is 2.37. The zero-order valence-electron chi connectivity index (χ0n) is 24.3. The van der Waals surface area contributed by atoms with E-state index in [0.717, 1.165) is 12.8 Å². The van der Waals surface area contributed by atoms with Gasteiger partial charge in [-0.05, 0) is 75.2 Å². The molecule has 226 valence electrons. The number of anilines is 3. The Hall–Kier alpha value is -4.78. The molecule has 2 aliphatic rings. The van der Waals surface area contributed by atoms with Crippen molar-refractivity contribution in [3.8, 4) is 5.75 Å². The van der Waals surface area contributed by atoms with Gasteiger partial charge >= 0.3 is 0 Å². The van der Waals surface area contributed by atoms with Gasteiger partial charge in [-0.2, -0.15) is 4.98 Å². The Balaban J connectivity index is 1.25. The summed E-state index contributed by atoms with van der Waals surface area (Å²) in [5, 5.41) is 14.4. The van der Waals surface area contributed by atoms with Crippen molar-refractivity contribution in [2.45, 2.75) is 38.8 Å². The summed E-state index contributed by atoms with van der Waals surface area (Å²) in [6.07, 6.45) is 1.65. The maximum Gasteiger partial charge on any atom is 0.273 e. The molecule has 3 heterocycles. The van der Waals surface area contributed by atoms with E-state index < -0.39 is 5.91 Å². The fraction of sp³-hybridized carbons (Fsp3) is 0.400. The van der Waals surface area contributed by atoms with Crippen LogP contribution in [0.1, 0.15) is 57.9 Å². The molecule has 1 unspecified atom stereocenters. The van der Waals surface area contributed by atoms with Gasteiger partial charge in [-0.15, -0.1) is 10.2 Å². The number of carbonyl (C=O) groups excluding carboxylic acids is 3. The van der Waals surface area contributed by atoms with E-state index in [9.17, 15) is 14.4 Å². The molecule has 2 aliphatic heterocycles. The van der Waals surface area contributed by atoms with Crippen LogP contribution in [0.3, 0.4) is 0 Å². The van der Waals surface area contributed by atoms with Gasteiger partial charge in [0.05, 0.1) is 19.3 Å². The molecule has 2 aromatic carbocycles. The van der Waals surface area contributed by atoms with Gasteiger partial charge in [-0.1, -0.05) is 0 Å². The van der Waals surface area contributed by atoms with E-state index in [1.165, 1.54) is 0 Å². The largest absolute Gasteiger partial charge is 0.491 e. The number of aromatic nitrogens is 3. The quantitative estimate of drug-likeness (QED) is 0.338. The molecule has 2 saturated heterocycles. The minimum absolute atomic E-state index is 0.0501. The van der Waals surface area contributed by atoms with Gasteiger partial charge in [0.2, 0.25) is 5.95 Å². The highest BCUT2D eigenvalue weighted by Gasteiger charge is 2.26. The van der Waals surface area contributed by atoms with Gasteiger partial charge in [-0.25, -0.2) is 0 Å². The second-order valence-corrected chi connectivity index (χ2v) is 10.7. The molecule has 1 aromatic heterocycles. The Morgan fingerprint density at radius 2 is 1.67 bits per heavy atom. The molecule has 0 bridgehead atoms. The number of morpholine rings is 1. The number of piperidine rings is 1. The lowest BCUT2D eigenvalue weighted by atomic mass is 10.1. The third-order valence-corrected chi connectivity index (χ3v) is 7.13. The van der Waals surface area contributed by atoms with E-state index in [1.807, 2.05) is 18.7 Å². The first-order valence-electron chi connectivity index (χ1n) is 14.4. The van der Waals surface area contributed by atoms with Crippen LogP contribution in [-0.2, 0) is 4.74 Å². The van der Waals surface area contributed by atoms with Crippen LogP contribution in [-0.4, -0.2) is 89.3 Å². The Bertz CT molecular complexity index is 1440. The van der Waals surface area contributed by atoms with Crippen LogP contribution >= 0.6 is 0 Å². The van der Waals surface area contributed by atoms with Gasteiger partial charge in [-0.3, -0.25) is 14.4 Å². The van der Waals surface area contributed by atoms with Crippen LogP contribution in [0, 0.1) is 0 Å². The van der Waals surface area contributed by atoms with Crippen LogP contribution in [0.15, 0.2) is 48.5 Å². The molecule has 13 heteroatoms. The average molecular weight is 589 g/mol. The normalized spacial score (nSPS) is 17.0. The summed E-state index contributed by atoms with van der Waals surface area (Å²) in [5.41, 5.74) is 7.14. The lowest BCUT2D eigenvalue weighted by Gasteiger charge is -2.33. The molecule has 3 aromatic rings.